The Bertz CT molecular complexity index is 1920. The molecule has 0 bridgehead atoms. The van der Waals surface area contributed by atoms with Crippen molar-refractivity contribution in [3.05, 3.63) is 169 Å². The molecule has 416 valence electrons. The van der Waals surface area contributed by atoms with Gasteiger partial charge in [-0.25, -0.2) is 0 Å². The average Bonchev–Trinajstić information content (AvgIpc) is 3.41. The summed E-state index contributed by atoms with van der Waals surface area (Å²) in [6, 6.07) is 7.62. The van der Waals surface area contributed by atoms with E-state index in [-0.39, 0.29) is 24.2 Å². The Hall–Kier alpha value is -5.31. The maximum absolute atomic E-state index is 14.0. The van der Waals surface area contributed by atoms with Crippen LogP contribution in [-0.4, -0.2) is 52.7 Å². The molecule has 2 atom stereocenters. The summed E-state index contributed by atoms with van der Waals surface area (Å²) in [7, 11) is 0. The number of rotatable bonds is 47. The SMILES string of the molecule is CCC=CCC=CCC=CCC=CCC=CCC=CCC(CCCC[C@H](NC(=O)CCC/C=C\C/C=C\C/C=C\C/C=C\C/C=C\CC)C(=O)NC(CO)(CO)CCc1ccc(CCCCCCCC)cc1)C(N)=O. The molecule has 1 rings (SSSR count). The van der Waals surface area contributed by atoms with Gasteiger partial charge in [0.05, 0.1) is 18.8 Å². The van der Waals surface area contributed by atoms with Gasteiger partial charge < -0.3 is 26.6 Å². The van der Waals surface area contributed by atoms with Crippen LogP contribution >= 0.6 is 0 Å². The third kappa shape index (κ3) is 39.7. The molecule has 0 fully saturated rings. The first-order valence-electron chi connectivity index (χ1n) is 29.1. The van der Waals surface area contributed by atoms with Gasteiger partial charge in [0.15, 0.2) is 0 Å². The van der Waals surface area contributed by atoms with Crippen molar-refractivity contribution < 1.29 is 24.6 Å². The molecule has 0 aromatic heterocycles. The molecular formula is C67H103N3O5. The molecule has 6 N–H and O–H groups in total. The van der Waals surface area contributed by atoms with Crippen LogP contribution in [0.3, 0.4) is 0 Å². The van der Waals surface area contributed by atoms with Crippen LogP contribution < -0.4 is 16.4 Å². The van der Waals surface area contributed by atoms with Gasteiger partial charge in [0.2, 0.25) is 17.7 Å². The van der Waals surface area contributed by atoms with E-state index in [1.165, 1.54) is 44.1 Å². The minimum absolute atomic E-state index is 0.227. The molecule has 0 aliphatic heterocycles. The quantitative estimate of drug-likeness (QED) is 0.0327. The molecule has 0 saturated heterocycles. The lowest BCUT2D eigenvalue weighted by molar-refractivity contribution is -0.131. The van der Waals surface area contributed by atoms with Crippen molar-refractivity contribution in [3.63, 3.8) is 0 Å². The Labute approximate surface area is 457 Å². The normalized spacial score (nSPS) is 13.7. The fourth-order valence-electron chi connectivity index (χ4n) is 8.25. The number of allylic oxidation sites excluding steroid dienone is 22. The number of aliphatic hydroxyl groups is 2. The minimum atomic E-state index is -1.27. The minimum Gasteiger partial charge on any atom is -0.394 e. The molecule has 1 unspecified atom stereocenters. The molecule has 8 heteroatoms. The van der Waals surface area contributed by atoms with Crippen LogP contribution in [0, 0.1) is 5.92 Å². The van der Waals surface area contributed by atoms with Crippen molar-refractivity contribution in [2.75, 3.05) is 13.2 Å². The maximum Gasteiger partial charge on any atom is 0.243 e. The number of primary amides is 1. The van der Waals surface area contributed by atoms with Crippen LogP contribution in [-0.2, 0) is 27.2 Å². The van der Waals surface area contributed by atoms with Crippen LogP contribution in [0.1, 0.15) is 199 Å². The van der Waals surface area contributed by atoms with E-state index in [1.54, 1.807) is 0 Å². The van der Waals surface area contributed by atoms with E-state index in [9.17, 15) is 24.6 Å². The van der Waals surface area contributed by atoms with Crippen LogP contribution in [0.4, 0.5) is 0 Å². The number of carbonyl (C=O) groups excluding carboxylic acids is 3. The second-order valence-electron chi connectivity index (χ2n) is 19.7. The number of hydrogen-bond donors (Lipinski definition) is 5. The number of aliphatic hydroxyl groups excluding tert-OH is 2. The molecule has 0 spiro atoms. The Morgan fingerprint density at radius 3 is 1.37 bits per heavy atom. The lowest BCUT2D eigenvalue weighted by Gasteiger charge is -2.33. The highest BCUT2D eigenvalue weighted by Crippen LogP contribution is 2.20. The molecule has 0 radical (unpaired) electrons. The van der Waals surface area contributed by atoms with E-state index in [0.717, 1.165) is 89.0 Å². The predicted molar refractivity (Wildman–Crippen MR) is 321 cm³/mol. The molecule has 0 heterocycles. The van der Waals surface area contributed by atoms with Crippen LogP contribution in [0.2, 0.25) is 0 Å². The van der Waals surface area contributed by atoms with E-state index >= 15 is 0 Å². The van der Waals surface area contributed by atoms with Gasteiger partial charge in [0, 0.05) is 12.3 Å². The van der Waals surface area contributed by atoms with Crippen molar-refractivity contribution in [2.45, 2.75) is 212 Å². The second-order valence-corrected chi connectivity index (χ2v) is 19.7. The first-order valence-corrected chi connectivity index (χ1v) is 29.1. The van der Waals surface area contributed by atoms with Crippen LogP contribution in [0.5, 0.6) is 0 Å². The van der Waals surface area contributed by atoms with Crippen molar-refractivity contribution in [2.24, 2.45) is 11.7 Å². The summed E-state index contributed by atoms with van der Waals surface area (Å²) in [4.78, 5) is 39.8. The number of unbranched alkanes of at least 4 members (excludes halogenated alkanes) is 7. The molecule has 1 aromatic rings. The Morgan fingerprint density at radius 1 is 0.507 bits per heavy atom. The van der Waals surface area contributed by atoms with Gasteiger partial charge in [-0.05, 0) is 140 Å². The highest BCUT2D eigenvalue weighted by Gasteiger charge is 2.33. The highest BCUT2D eigenvalue weighted by molar-refractivity contribution is 5.88. The van der Waals surface area contributed by atoms with Crippen molar-refractivity contribution in [1.29, 1.82) is 0 Å². The van der Waals surface area contributed by atoms with E-state index < -0.39 is 30.7 Å². The van der Waals surface area contributed by atoms with E-state index in [0.29, 0.717) is 51.4 Å². The van der Waals surface area contributed by atoms with Gasteiger partial charge in [-0.1, -0.05) is 224 Å². The van der Waals surface area contributed by atoms with Gasteiger partial charge in [0.25, 0.3) is 0 Å². The lowest BCUT2D eigenvalue weighted by Crippen LogP contribution is -2.59. The lowest BCUT2D eigenvalue weighted by atomic mass is 9.91. The van der Waals surface area contributed by atoms with Gasteiger partial charge >= 0.3 is 0 Å². The van der Waals surface area contributed by atoms with Crippen LogP contribution in [0.15, 0.2) is 158 Å². The number of hydrogen-bond acceptors (Lipinski definition) is 5. The number of amides is 3. The second kappa shape index (κ2) is 49.6. The average molecular weight is 1030 g/mol. The zero-order valence-corrected chi connectivity index (χ0v) is 47.1. The Balaban J connectivity index is 2.79. The fraction of sp³-hybridized carbons (Fsp3) is 0.537. The third-order valence-corrected chi connectivity index (χ3v) is 13.0. The molecule has 0 aliphatic carbocycles. The molecule has 1 aromatic carbocycles. The Kier molecular flexibility index (Phi) is 44.7. The zero-order valence-electron chi connectivity index (χ0n) is 47.1. The fourth-order valence-corrected chi connectivity index (χ4v) is 8.25. The molecular weight excluding hydrogens is 927 g/mol. The number of benzene rings is 1. The van der Waals surface area contributed by atoms with E-state index in [4.69, 9.17) is 5.73 Å². The summed E-state index contributed by atoms with van der Waals surface area (Å²) < 4.78 is 0. The summed E-state index contributed by atoms with van der Waals surface area (Å²) >= 11 is 0. The monoisotopic (exact) mass is 1030 g/mol. The topological polar surface area (TPSA) is 142 Å². The first kappa shape index (κ1) is 67.7. The number of nitrogens with two attached hydrogens (primary N) is 1. The van der Waals surface area contributed by atoms with Crippen molar-refractivity contribution in [3.8, 4) is 0 Å². The van der Waals surface area contributed by atoms with Crippen LogP contribution in [0.25, 0.3) is 0 Å². The predicted octanol–water partition coefficient (Wildman–Crippen LogP) is 15.5. The van der Waals surface area contributed by atoms with Crippen molar-refractivity contribution >= 4 is 17.7 Å². The first-order chi connectivity index (χ1) is 36.7. The van der Waals surface area contributed by atoms with Gasteiger partial charge in [-0.3, -0.25) is 14.4 Å². The zero-order chi connectivity index (χ0) is 54.6. The summed E-state index contributed by atoms with van der Waals surface area (Å²) in [5.74, 6) is -1.36. The smallest absolute Gasteiger partial charge is 0.243 e. The van der Waals surface area contributed by atoms with E-state index in [1.807, 2.05) is 6.08 Å². The van der Waals surface area contributed by atoms with E-state index in [2.05, 4.69) is 183 Å². The van der Waals surface area contributed by atoms with Gasteiger partial charge in [0.1, 0.15) is 6.04 Å². The highest BCUT2D eigenvalue weighted by atomic mass is 16.3. The molecule has 75 heavy (non-hydrogen) atoms. The molecule has 8 nitrogen and oxygen atoms in total. The summed E-state index contributed by atoms with van der Waals surface area (Å²) in [5.41, 5.74) is 6.92. The number of aryl methyl sites for hydroxylation is 2. The third-order valence-electron chi connectivity index (χ3n) is 13.0. The summed E-state index contributed by atoms with van der Waals surface area (Å²) in [5, 5.41) is 27.1. The van der Waals surface area contributed by atoms with Gasteiger partial charge in [-0.2, -0.15) is 0 Å². The molecule has 0 saturated carbocycles. The number of nitrogens with one attached hydrogen (secondary N) is 2. The Morgan fingerprint density at radius 2 is 0.920 bits per heavy atom. The van der Waals surface area contributed by atoms with Gasteiger partial charge in [-0.15, -0.1) is 0 Å². The van der Waals surface area contributed by atoms with Crippen molar-refractivity contribution in [1.82, 2.24) is 10.6 Å². The molecule has 0 aliphatic rings. The standard InChI is InChI=1S/C67H103N3O5/c1-4-7-10-13-16-18-20-22-24-26-28-29-31-33-35-37-40-43-48-62(65(68)74)49-45-46-50-63(69-64(73)51-44-41-38-36-34-32-30-27-25-23-21-19-17-14-11-8-5-2)66(75)70-67(58-71,59-72)57-56-61-54-52-60(53-55-61)47-42-39-15-12-9-6-3/h7-8,10-11,16-19,22-25,28-30,32-33,35-36,38,40,43,52-55,62-63,71-72H,4-6,9,12-15,20-21,26-27,31,34,37,39,41-42,44-51,56-59H2,1-3H3,(H2,68,74)(H,69,73)(H,70,75)/b10-7?,11-8-,18-16?,19-17-,24-22?,25-23-,29-28?,32-30-,35-33?,38-36-,43-40?/t62?,63-/m0/s1. The summed E-state index contributed by atoms with van der Waals surface area (Å²) in [6.45, 7) is 5.62. The maximum atomic E-state index is 14.0. The summed E-state index contributed by atoms with van der Waals surface area (Å²) in [6.07, 6.45) is 71.5. The largest absolute Gasteiger partial charge is 0.394 e. The number of carbonyl (C=O) groups is 3. The molecule has 3 amide bonds.